The van der Waals surface area contributed by atoms with Gasteiger partial charge in [0.15, 0.2) is 11.6 Å². The quantitative estimate of drug-likeness (QED) is 0.466. The topological polar surface area (TPSA) is 102 Å². The predicted octanol–water partition coefficient (Wildman–Crippen LogP) is 4.19. The number of sulfonamides is 1. The highest BCUT2D eigenvalue weighted by Crippen LogP contribution is 2.24. The molecule has 4 aromatic rings. The summed E-state index contributed by atoms with van der Waals surface area (Å²) in [4.78, 5) is 0.944. The molecule has 0 aliphatic rings. The van der Waals surface area contributed by atoms with Gasteiger partial charge in [0.1, 0.15) is 4.21 Å². The molecule has 0 aliphatic heterocycles. The van der Waals surface area contributed by atoms with Crippen LogP contribution in [0.1, 0.15) is 16.3 Å². The van der Waals surface area contributed by atoms with Crippen molar-refractivity contribution in [2.75, 3.05) is 10.0 Å². The smallest absolute Gasteiger partial charge is 0.271 e. The molecule has 0 fully saturated rings. The van der Waals surface area contributed by atoms with Gasteiger partial charge in [-0.2, -0.15) is 5.10 Å². The number of hydrogen-bond donors (Lipinski definition) is 2. The first kappa shape index (κ1) is 20.0. The van der Waals surface area contributed by atoms with Crippen LogP contribution < -0.4 is 10.0 Å². The number of hydrogen-bond acceptors (Lipinski definition) is 7. The molecule has 0 atom stereocenters. The molecule has 0 aliphatic carbocycles. The number of thiophene rings is 1. The summed E-state index contributed by atoms with van der Waals surface area (Å²) in [7, 11) is -3.58. The summed E-state index contributed by atoms with van der Waals surface area (Å²) in [5.41, 5.74) is 3.15. The van der Waals surface area contributed by atoms with Crippen LogP contribution in [0.2, 0.25) is 0 Å². The van der Waals surface area contributed by atoms with Crippen LogP contribution in [0.4, 0.5) is 17.2 Å². The zero-order valence-electron chi connectivity index (χ0n) is 16.6. The first-order valence-electron chi connectivity index (χ1n) is 9.14. The fourth-order valence-corrected chi connectivity index (χ4v) is 5.24. The van der Waals surface area contributed by atoms with Gasteiger partial charge in [-0.05, 0) is 75.4 Å². The fourth-order valence-electron chi connectivity index (χ4n) is 2.90. The van der Waals surface area contributed by atoms with Gasteiger partial charge in [0.25, 0.3) is 10.0 Å². The van der Waals surface area contributed by atoms with E-state index in [0.717, 1.165) is 22.0 Å². The van der Waals surface area contributed by atoms with Crippen molar-refractivity contribution in [3.63, 3.8) is 0 Å². The highest BCUT2D eigenvalue weighted by atomic mass is 32.2. The second-order valence-electron chi connectivity index (χ2n) is 6.79. The third-order valence-corrected chi connectivity index (χ3v) is 7.14. The standard InChI is InChI=1S/C20H20N6O2S2/c1-13-12-14(2)26(24-13)19-10-9-18(22-23-19)21-16-5-7-17(8-6-16)25-30(27,28)20-11-4-15(3)29-20/h4-12,25H,1-3H3,(H,21,22). The molecule has 8 nitrogen and oxygen atoms in total. The third kappa shape index (κ3) is 4.34. The maximum atomic E-state index is 12.4. The zero-order chi connectivity index (χ0) is 21.3. The maximum absolute atomic E-state index is 12.4. The second kappa shape index (κ2) is 7.88. The van der Waals surface area contributed by atoms with Gasteiger partial charge in [0, 0.05) is 21.9 Å². The lowest BCUT2D eigenvalue weighted by atomic mass is 10.3. The molecule has 0 radical (unpaired) electrons. The molecule has 0 amide bonds. The third-order valence-electron chi connectivity index (χ3n) is 4.27. The minimum Gasteiger partial charge on any atom is -0.339 e. The van der Waals surface area contributed by atoms with Crippen molar-refractivity contribution in [3.8, 4) is 5.82 Å². The van der Waals surface area contributed by atoms with Crippen LogP contribution in [0.5, 0.6) is 0 Å². The number of aromatic nitrogens is 4. The molecule has 2 N–H and O–H groups in total. The Labute approximate surface area is 178 Å². The number of rotatable bonds is 6. The van der Waals surface area contributed by atoms with Crippen LogP contribution in [-0.2, 0) is 10.0 Å². The molecule has 0 spiro atoms. The summed E-state index contributed by atoms with van der Waals surface area (Å²) in [5.74, 6) is 1.21. The minimum absolute atomic E-state index is 0.292. The molecular weight excluding hydrogens is 420 g/mol. The molecule has 10 heteroatoms. The van der Waals surface area contributed by atoms with Gasteiger partial charge in [-0.15, -0.1) is 21.5 Å². The van der Waals surface area contributed by atoms with Crippen molar-refractivity contribution in [2.45, 2.75) is 25.0 Å². The van der Waals surface area contributed by atoms with Crippen molar-refractivity contribution in [3.05, 3.63) is 70.9 Å². The van der Waals surface area contributed by atoms with Crippen molar-refractivity contribution < 1.29 is 8.42 Å². The predicted molar refractivity (Wildman–Crippen MR) is 118 cm³/mol. The van der Waals surface area contributed by atoms with E-state index >= 15 is 0 Å². The van der Waals surface area contributed by atoms with Gasteiger partial charge >= 0.3 is 0 Å². The van der Waals surface area contributed by atoms with Crippen LogP contribution >= 0.6 is 11.3 Å². The van der Waals surface area contributed by atoms with Crippen LogP contribution in [0.15, 0.2) is 58.8 Å². The average molecular weight is 441 g/mol. The highest BCUT2D eigenvalue weighted by molar-refractivity contribution is 7.94. The highest BCUT2D eigenvalue weighted by Gasteiger charge is 2.16. The van der Waals surface area contributed by atoms with E-state index in [1.807, 2.05) is 39.0 Å². The van der Waals surface area contributed by atoms with Crippen molar-refractivity contribution in [1.29, 1.82) is 0 Å². The molecule has 30 heavy (non-hydrogen) atoms. The van der Waals surface area contributed by atoms with Crippen LogP contribution in [0, 0.1) is 20.8 Å². The second-order valence-corrected chi connectivity index (χ2v) is 9.99. The zero-order valence-corrected chi connectivity index (χ0v) is 18.3. The minimum atomic E-state index is -3.58. The van der Waals surface area contributed by atoms with E-state index in [4.69, 9.17) is 0 Å². The molecular formula is C20H20N6O2S2. The van der Waals surface area contributed by atoms with E-state index in [1.165, 1.54) is 11.3 Å². The summed E-state index contributed by atoms with van der Waals surface area (Å²) < 4.78 is 29.5. The molecule has 0 saturated carbocycles. The summed E-state index contributed by atoms with van der Waals surface area (Å²) in [5, 5.41) is 16.0. The number of anilines is 3. The Morgan fingerprint density at radius 2 is 1.63 bits per heavy atom. The average Bonchev–Trinajstić information content (AvgIpc) is 3.29. The lowest BCUT2D eigenvalue weighted by Gasteiger charge is -2.09. The molecule has 4 rings (SSSR count). The summed E-state index contributed by atoms with van der Waals surface area (Å²) >= 11 is 1.24. The van der Waals surface area contributed by atoms with Crippen LogP contribution in [0.25, 0.3) is 5.82 Å². The van der Waals surface area contributed by atoms with Gasteiger partial charge < -0.3 is 5.32 Å². The van der Waals surface area contributed by atoms with E-state index in [-0.39, 0.29) is 0 Å². The van der Waals surface area contributed by atoms with Crippen molar-refractivity contribution >= 4 is 38.6 Å². The number of aryl methyl sites for hydroxylation is 3. The molecule has 0 unspecified atom stereocenters. The Balaban J connectivity index is 1.44. The monoisotopic (exact) mass is 440 g/mol. The lowest BCUT2D eigenvalue weighted by Crippen LogP contribution is -2.11. The summed E-state index contributed by atoms with van der Waals surface area (Å²) in [6.45, 7) is 5.76. The van der Waals surface area contributed by atoms with E-state index in [1.54, 1.807) is 41.1 Å². The first-order chi connectivity index (χ1) is 14.3. The van der Waals surface area contributed by atoms with E-state index < -0.39 is 10.0 Å². The van der Waals surface area contributed by atoms with Crippen LogP contribution in [0.3, 0.4) is 0 Å². The van der Waals surface area contributed by atoms with Gasteiger partial charge in [0.05, 0.1) is 5.69 Å². The van der Waals surface area contributed by atoms with E-state index in [0.29, 0.717) is 21.5 Å². The van der Waals surface area contributed by atoms with Gasteiger partial charge in [-0.3, -0.25) is 4.72 Å². The Kier molecular flexibility index (Phi) is 5.27. The largest absolute Gasteiger partial charge is 0.339 e. The summed E-state index contributed by atoms with van der Waals surface area (Å²) in [6.07, 6.45) is 0. The van der Waals surface area contributed by atoms with E-state index in [9.17, 15) is 8.42 Å². The lowest BCUT2D eigenvalue weighted by molar-refractivity contribution is 0.603. The molecule has 0 bridgehead atoms. The number of nitrogens with zero attached hydrogens (tertiary/aromatic N) is 4. The van der Waals surface area contributed by atoms with Crippen molar-refractivity contribution in [2.24, 2.45) is 0 Å². The van der Waals surface area contributed by atoms with Crippen LogP contribution in [-0.4, -0.2) is 28.4 Å². The Bertz CT molecular complexity index is 1280. The Hall–Kier alpha value is -3.24. The SMILES string of the molecule is Cc1cc(C)n(-c2ccc(Nc3ccc(NS(=O)(=O)c4ccc(C)s4)cc3)nn2)n1. The summed E-state index contributed by atoms with van der Waals surface area (Å²) in [6, 6.07) is 15.9. The molecule has 0 saturated heterocycles. The fraction of sp³-hybridized carbons (Fsp3) is 0.150. The van der Waals surface area contributed by atoms with Gasteiger partial charge in [0.2, 0.25) is 0 Å². The number of nitrogens with one attached hydrogen (secondary N) is 2. The molecule has 154 valence electrons. The first-order valence-corrected chi connectivity index (χ1v) is 11.4. The number of benzene rings is 1. The Morgan fingerprint density at radius 1 is 0.900 bits per heavy atom. The van der Waals surface area contributed by atoms with Gasteiger partial charge in [-0.25, -0.2) is 13.1 Å². The van der Waals surface area contributed by atoms with Crippen molar-refractivity contribution in [1.82, 2.24) is 20.0 Å². The Morgan fingerprint density at radius 3 is 2.20 bits per heavy atom. The normalized spacial score (nSPS) is 11.4. The van der Waals surface area contributed by atoms with Gasteiger partial charge in [-0.1, -0.05) is 0 Å². The molecule has 3 heterocycles. The molecule has 1 aromatic carbocycles. The van der Waals surface area contributed by atoms with E-state index in [2.05, 4.69) is 25.3 Å². The molecule has 3 aromatic heterocycles. The maximum Gasteiger partial charge on any atom is 0.271 e.